The molecule has 100 valence electrons. The van der Waals surface area contributed by atoms with E-state index in [4.69, 9.17) is 5.73 Å². The highest BCUT2D eigenvalue weighted by Gasteiger charge is 2.28. The quantitative estimate of drug-likeness (QED) is 0.721. The molecule has 17 heavy (non-hydrogen) atoms. The molecule has 0 bridgehead atoms. The Kier molecular flexibility index (Phi) is 4.91. The topological polar surface area (TPSA) is 83.7 Å². The van der Waals surface area contributed by atoms with E-state index in [2.05, 4.69) is 0 Å². The zero-order chi connectivity index (χ0) is 13.1. The molecule has 0 spiro atoms. The average Bonchev–Trinajstić information content (AvgIpc) is 2.27. The fourth-order valence-corrected chi connectivity index (χ4v) is 2.74. The first-order valence-corrected chi connectivity index (χ1v) is 7.70. The number of carbonyl (C=O) groups excluding carboxylic acids is 1. The minimum Gasteiger partial charge on any atom is -0.339 e. The summed E-state index contributed by atoms with van der Waals surface area (Å²) in [6.45, 7) is 3.58. The summed E-state index contributed by atoms with van der Waals surface area (Å²) in [7, 11) is -3.14. The summed E-state index contributed by atoms with van der Waals surface area (Å²) in [6.07, 6.45) is 2.73. The first-order chi connectivity index (χ1) is 7.86. The number of sulfonamides is 1. The van der Waals surface area contributed by atoms with Crippen LogP contribution in [0.2, 0.25) is 0 Å². The van der Waals surface area contributed by atoms with Crippen molar-refractivity contribution in [3.8, 4) is 0 Å². The van der Waals surface area contributed by atoms with E-state index in [-0.39, 0.29) is 5.91 Å². The molecule has 0 aliphatic carbocycles. The van der Waals surface area contributed by atoms with Crippen LogP contribution in [0.5, 0.6) is 0 Å². The van der Waals surface area contributed by atoms with Crippen molar-refractivity contribution < 1.29 is 13.2 Å². The van der Waals surface area contributed by atoms with E-state index in [1.54, 1.807) is 4.90 Å². The molecule has 1 saturated heterocycles. The molecule has 1 aliphatic heterocycles. The van der Waals surface area contributed by atoms with Crippen molar-refractivity contribution in [2.24, 2.45) is 5.73 Å². The van der Waals surface area contributed by atoms with Crippen LogP contribution in [0.15, 0.2) is 0 Å². The van der Waals surface area contributed by atoms with Crippen LogP contribution >= 0.6 is 0 Å². The van der Waals surface area contributed by atoms with E-state index in [0.717, 1.165) is 6.42 Å². The molecule has 0 unspecified atom stereocenters. The zero-order valence-electron chi connectivity index (χ0n) is 10.4. The lowest BCUT2D eigenvalue weighted by Crippen LogP contribution is -2.54. The number of carbonyl (C=O) groups is 1. The average molecular weight is 263 g/mol. The van der Waals surface area contributed by atoms with Crippen LogP contribution in [0.1, 0.15) is 19.8 Å². The molecule has 0 aromatic rings. The van der Waals surface area contributed by atoms with Gasteiger partial charge in [-0.05, 0) is 6.42 Å². The number of nitrogens with zero attached hydrogens (tertiary/aromatic N) is 2. The molecule has 6 nitrogen and oxygen atoms in total. The summed E-state index contributed by atoms with van der Waals surface area (Å²) in [5.74, 6) is -0.0694. The summed E-state index contributed by atoms with van der Waals surface area (Å²) >= 11 is 0. The van der Waals surface area contributed by atoms with Gasteiger partial charge in [-0.3, -0.25) is 4.79 Å². The van der Waals surface area contributed by atoms with Crippen LogP contribution in [0.4, 0.5) is 0 Å². The highest BCUT2D eigenvalue weighted by molar-refractivity contribution is 7.88. The van der Waals surface area contributed by atoms with Gasteiger partial charge in [0, 0.05) is 26.2 Å². The predicted octanol–water partition coefficient (Wildman–Crippen LogP) is -0.782. The van der Waals surface area contributed by atoms with Crippen molar-refractivity contribution in [3.63, 3.8) is 0 Å². The number of piperazine rings is 1. The molecular formula is C10H21N3O3S. The Morgan fingerprint density at radius 1 is 1.29 bits per heavy atom. The molecule has 0 aromatic heterocycles. The first kappa shape index (κ1) is 14.4. The highest BCUT2D eigenvalue weighted by Crippen LogP contribution is 2.08. The van der Waals surface area contributed by atoms with E-state index < -0.39 is 16.1 Å². The highest BCUT2D eigenvalue weighted by atomic mass is 32.2. The first-order valence-electron chi connectivity index (χ1n) is 5.85. The molecule has 2 N–H and O–H groups in total. The van der Waals surface area contributed by atoms with Gasteiger partial charge in [-0.1, -0.05) is 13.3 Å². The summed E-state index contributed by atoms with van der Waals surface area (Å²) in [5.41, 5.74) is 5.76. The second-order valence-electron chi connectivity index (χ2n) is 4.38. The van der Waals surface area contributed by atoms with Gasteiger partial charge in [-0.2, -0.15) is 4.31 Å². The molecular weight excluding hydrogens is 242 g/mol. The molecule has 0 saturated carbocycles. The van der Waals surface area contributed by atoms with Crippen molar-refractivity contribution in [2.45, 2.75) is 25.8 Å². The van der Waals surface area contributed by atoms with Gasteiger partial charge in [0.1, 0.15) is 0 Å². The standard InChI is InChI=1S/C10H21N3O3S/c1-3-4-9(11)10(14)12-5-7-13(8-6-12)17(2,15)16/h9H,3-8,11H2,1-2H3/t9-/m0/s1. The van der Waals surface area contributed by atoms with Crippen LogP contribution in [-0.4, -0.2) is 62.0 Å². The van der Waals surface area contributed by atoms with Gasteiger partial charge in [0.2, 0.25) is 15.9 Å². The molecule has 1 rings (SSSR count). The summed E-state index contributed by atoms with van der Waals surface area (Å²) in [5, 5.41) is 0. The van der Waals surface area contributed by atoms with Gasteiger partial charge in [0.05, 0.1) is 12.3 Å². The van der Waals surface area contributed by atoms with Crippen molar-refractivity contribution in [1.29, 1.82) is 0 Å². The molecule has 1 amide bonds. The van der Waals surface area contributed by atoms with Crippen LogP contribution in [0.25, 0.3) is 0 Å². The molecule has 1 fully saturated rings. The van der Waals surface area contributed by atoms with Gasteiger partial charge in [-0.15, -0.1) is 0 Å². The number of nitrogens with two attached hydrogens (primary N) is 1. The molecule has 7 heteroatoms. The Balaban J connectivity index is 2.49. The van der Waals surface area contributed by atoms with Crippen LogP contribution < -0.4 is 5.73 Å². The van der Waals surface area contributed by atoms with E-state index in [1.165, 1.54) is 10.6 Å². The maximum absolute atomic E-state index is 11.9. The molecule has 1 atom stereocenters. The third kappa shape index (κ3) is 3.93. The summed E-state index contributed by atoms with van der Waals surface area (Å²) < 4.78 is 24.0. The predicted molar refractivity (Wildman–Crippen MR) is 65.9 cm³/mol. The Hall–Kier alpha value is -0.660. The Morgan fingerprint density at radius 3 is 2.24 bits per heavy atom. The van der Waals surface area contributed by atoms with Crippen molar-refractivity contribution in [1.82, 2.24) is 9.21 Å². The second kappa shape index (κ2) is 5.79. The SMILES string of the molecule is CCC[C@H](N)C(=O)N1CCN(S(C)(=O)=O)CC1. The van der Waals surface area contributed by atoms with Crippen LogP contribution in [0.3, 0.4) is 0 Å². The lowest BCUT2D eigenvalue weighted by Gasteiger charge is -2.34. The molecule has 1 heterocycles. The van der Waals surface area contributed by atoms with Gasteiger partial charge in [-0.25, -0.2) is 8.42 Å². The number of hydrogen-bond donors (Lipinski definition) is 1. The summed E-state index contributed by atoms with van der Waals surface area (Å²) in [4.78, 5) is 13.5. The number of hydrogen-bond acceptors (Lipinski definition) is 4. The van der Waals surface area contributed by atoms with Crippen molar-refractivity contribution in [3.05, 3.63) is 0 Å². The molecule has 0 radical (unpaired) electrons. The van der Waals surface area contributed by atoms with Crippen molar-refractivity contribution in [2.75, 3.05) is 32.4 Å². The van der Waals surface area contributed by atoms with E-state index in [0.29, 0.717) is 32.6 Å². The van der Waals surface area contributed by atoms with Gasteiger partial charge >= 0.3 is 0 Å². The second-order valence-corrected chi connectivity index (χ2v) is 6.36. The smallest absolute Gasteiger partial charge is 0.239 e. The molecule has 0 aromatic carbocycles. The van der Waals surface area contributed by atoms with E-state index in [1.807, 2.05) is 6.92 Å². The van der Waals surface area contributed by atoms with Gasteiger partial charge in [0.25, 0.3) is 0 Å². The fraction of sp³-hybridized carbons (Fsp3) is 0.900. The number of rotatable bonds is 4. The maximum Gasteiger partial charge on any atom is 0.239 e. The number of amides is 1. The van der Waals surface area contributed by atoms with Crippen LogP contribution in [-0.2, 0) is 14.8 Å². The normalized spacial score (nSPS) is 20.3. The lowest BCUT2D eigenvalue weighted by molar-refractivity contribution is -0.133. The maximum atomic E-state index is 11.9. The van der Waals surface area contributed by atoms with Crippen LogP contribution in [0, 0.1) is 0 Å². The molecule has 1 aliphatic rings. The third-order valence-corrected chi connectivity index (χ3v) is 4.24. The Labute approximate surface area is 103 Å². The third-order valence-electron chi connectivity index (χ3n) is 2.94. The van der Waals surface area contributed by atoms with E-state index >= 15 is 0 Å². The summed E-state index contributed by atoms with van der Waals surface area (Å²) in [6, 6.07) is -0.454. The fourth-order valence-electron chi connectivity index (χ4n) is 1.91. The zero-order valence-corrected chi connectivity index (χ0v) is 11.2. The van der Waals surface area contributed by atoms with Gasteiger partial charge < -0.3 is 10.6 Å². The minimum atomic E-state index is -3.14. The Morgan fingerprint density at radius 2 is 1.82 bits per heavy atom. The Bertz CT molecular complexity index is 361. The largest absolute Gasteiger partial charge is 0.339 e. The monoisotopic (exact) mass is 263 g/mol. The van der Waals surface area contributed by atoms with Crippen molar-refractivity contribution >= 4 is 15.9 Å². The lowest BCUT2D eigenvalue weighted by atomic mass is 10.1. The van der Waals surface area contributed by atoms with E-state index in [9.17, 15) is 13.2 Å². The minimum absolute atomic E-state index is 0.0694. The van der Waals surface area contributed by atoms with Gasteiger partial charge in [0.15, 0.2) is 0 Å².